The lowest BCUT2D eigenvalue weighted by Gasteiger charge is -2.39. The van der Waals surface area contributed by atoms with Crippen molar-refractivity contribution in [1.29, 1.82) is 0 Å². The van der Waals surface area contributed by atoms with Crippen molar-refractivity contribution in [3.05, 3.63) is 95.3 Å². The number of hydrogen-bond donors (Lipinski definition) is 0. The van der Waals surface area contributed by atoms with Crippen molar-refractivity contribution in [1.82, 2.24) is 9.21 Å². The third kappa shape index (κ3) is 5.37. The molecule has 0 spiro atoms. The number of benzene rings is 3. The number of sulfonamides is 1. The molecule has 3 aromatic rings. The predicted octanol–water partition coefficient (Wildman–Crippen LogP) is 4.47. The fourth-order valence-corrected chi connectivity index (χ4v) is 7.15. The zero-order chi connectivity index (χ0) is 26.9. The molecule has 2 fully saturated rings. The number of halogens is 2. The van der Waals surface area contributed by atoms with E-state index in [9.17, 15) is 22.4 Å². The van der Waals surface area contributed by atoms with E-state index < -0.39 is 39.7 Å². The van der Waals surface area contributed by atoms with Gasteiger partial charge in [-0.1, -0.05) is 41.9 Å². The van der Waals surface area contributed by atoms with Gasteiger partial charge in [0.1, 0.15) is 11.9 Å². The quantitative estimate of drug-likeness (QED) is 0.402. The number of rotatable bonds is 7. The number of imide groups is 1. The highest BCUT2D eigenvalue weighted by atomic mass is 35.5. The Morgan fingerprint density at radius 2 is 1.53 bits per heavy atom. The summed E-state index contributed by atoms with van der Waals surface area (Å²) in [4.78, 5) is 29.8. The second kappa shape index (κ2) is 10.9. The Balaban J connectivity index is 1.43. The third-order valence-electron chi connectivity index (χ3n) is 7.07. The van der Waals surface area contributed by atoms with Crippen LogP contribution in [-0.4, -0.2) is 54.6 Å². The molecule has 7 nitrogen and oxygen atoms in total. The fourth-order valence-electron chi connectivity index (χ4n) is 5.20. The van der Waals surface area contributed by atoms with E-state index in [4.69, 9.17) is 11.6 Å². The lowest BCUT2D eigenvalue weighted by Crippen LogP contribution is -2.53. The minimum absolute atomic E-state index is 0.00842. The van der Waals surface area contributed by atoms with Gasteiger partial charge in [-0.2, -0.15) is 4.31 Å². The van der Waals surface area contributed by atoms with Crippen molar-refractivity contribution in [3.63, 3.8) is 0 Å². The zero-order valence-electron chi connectivity index (χ0n) is 20.5. The molecule has 1 atom stereocenters. The van der Waals surface area contributed by atoms with E-state index in [0.29, 0.717) is 31.0 Å². The van der Waals surface area contributed by atoms with E-state index in [2.05, 4.69) is 17.0 Å². The van der Waals surface area contributed by atoms with Crippen molar-refractivity contribution in [2.75, 3.05) is 18.0 Å². The van der Waals surface area contributed by atoms with Crippen LogP contribution < -0.4 is 4.90 Å². The van der Waals surface area contributed by atoms with Crippen LogP contribution in [0.3, 0.4) is 0 Å². The molecule has 3 aromatic carbocycles. The molecule has 2 aliphatic heterocycles. The summed E-state index contributed by atoms with van der Waals surface area (Å²) in [7, 11) is -4.15. The van der Waals surface area contributed by atoms with Crippen LogP contribution in [0.15, 0.2) is 83.8 Å². The lowest BCUT2D eigenvalue weighted by molar-refractivity contribution is -0.122. The molecule has 0 aromatic heterocycles. The Hall–Kier alpha value is -3.11. The van der Waals surface area contributed by atoms with Gasteiger partial charge in [0, 0.05) is 30.7 Å². The van der Waals surface area contributed by atoms with E-state index in [1.165, 1.54) is 46.3 Å². The molecule has 0 radical (unpaired) electrons. The molecule has 0 saturated carbocycles. The maximum absolute atomic E-state index is 14.0. The molecule has 2 saturated heterocycles. The number of carbonyl (C=O) groups is 2. The minimum Gasteiger partial charge on any atom is -0.299 e. The topological polar surface area (TPSA) is 78.0 Å². The molecule has 0 bridgehead atoms. The summed E-state index contributed by atoms with van der Waals surface area (Å²) in [5, 5.41) is 0.388. The average Bonchev–Trinajstić information content (AvgIpc) is 3.19. The molecule has 1 unspecified atom stereocenters. The van der Waals surface area contributed by atoms with Crippen LogP contribution in [0, 0.1) is 5.82 Å². The van der Waals surface area contributed by atoms with Crippen LogP contribution >= 0.6 is 11.6 Å². The van der Waals surface area contributed by atoms with Gasteiger partial charge in [-0.25, -0.2) is 17.7 Å². The summed E-state index contributed by atoms with van der Waals surface area (Å²) in [5.74, 6) is -1.66. The maximum atomic E-state index is 14.0. The SMILES string of the molecule is O=C1CC(N(C2CCN(Cc3ccccc3)CC2)S(=O)(=O)c2ccc(Cl)cc2)C(=O)N1c1ccc(F)cc1. The first-order valence-corrected chi connectivity index (χ1v) is 14.2. The lowest BCUT2D eigenvalue weighted by atomic mass is 10.0. The van der Waals surface area contributed by atoms with Gasteiger partial charge in [0.25, 0.3) is 5.91 Å². The molecule has 0 N–H and O–H groups in total. The van der Waals surface area contributed by atoms with Crippen LogP contribution in [0.2, 0.25) is 5.02 Å². The van der Waals surface area contributed by atoms with Gasteiger partial charge in [0.15, 0.2) is 0 Å². The Kier molecular flexibility index (Phi) is 7.63. The number of piperidine rings is 1. The fraction of sp³-hybridized carbons (Fsp3) is 0.286. The van der Waals surface area contributed by atoms with Crippen LogP contribution in [0.1, 0.15) is 24.8 Å². The first kappa shape index (κ1) is 26.5. The molecule has 38 heavy (non-hydrogen) atoms. The Labute approximate surface area is 226 Å². The number of carbonyl (C=O) groups excluding carboxylic acids is 2. The first-order chi connectivity index (χ1) is 18.2. The molecule has 2 heterocycles. The van der Waals surface area contributed by atoms with Crippen molar-refractivity contribution in [2.24, 2.45) is 0 Å². The van der Waals surface area contributed by atoms with Gasteiger partial charge < -0.3 is 0 Å². The summed E-state index contributed by atoms with van der Waals surface area (Å²) in [6, 6.07) is 19.2. The summed E-state index contributed by atoms with van der Waals surface area (Å²) in [6.45, 7) is 2.03. The van der Waals surface area contributed by atoms with Gasteiger partial charge in [0.2, 0.25) is 15.9 Å². The number of hydrogen-bond acceptors (Lipinski definition) is 5. The summed E-state index contributed by atoms with van der Waals surface area (Å²) < 4.78 is 42.7. The monoisotopic (exact) mass is 555 g/mol. The highest BCUT2D eigenvalue weighted by molar-refractivity contribution is 7.89. The molecule has 2 aliphatic rings. The normalized spacial score (nSPS) is 19.4. The third-order valence-corrected chi connectivity index (χ3v) is 9.30. The van der Waals surface area contributed by atoms with Gasteiger partial charge in [-0.15, -0.1) is 0 Å². The van der Waals surface area contributed by atoms with E-state index >= 15 is 0 Å². The van der Waals surface area contributed by atoms with E-state index in [0.717, 1.165) is 23.6 Å². The largest absolute Gasteiger partial charge is 0.299 e. The van der Waals surface area contributed by atoms with Crippen LogP contribution in [0.4, 0.5) is 10.1 Å². The van der Waals surface area contributed by atoms with Crippen molar-refractivity contribution in [2.45, 2.75) is 42.8 Å². The smallest absolute Gasteiger partial charge is 0.252 e. The van der Waals surface area contributed by atoms with E-state index in [1.54, 1.807) is 0 Å². The van der Waals surface area contributed by atoms with Crippen LogP contribution in [-0.2, 0) is 26.2 Å². The van der Waals surface area contributed by atoms with Crippen molar-refractivity contribution < 1.29 is 22.4 Å². The average molecular weight is 556 g/mol. The van der Waals surface area contributed by atoms with E-state index in [1.807, 2.05) is 18.2 Å². The number of nitrogens with zero attached hydrogens (tertiary/aromatic N) is 3. The summed E-state index contributed by atoms with van der Waals surface area (Å²) in [6.07, 6.45) is 0.732. The molecule has 5 rings (SSSR count). The molecular weight excluding hydrogens is 529 g/mol. The van der Waals surface area contributed by atoms with E-state index in [-0.39, 0.29) is 17.0 Å². The Bertz CT molecular complexity index is 1410. The summed E-state index contributed by atoms with van der Waals surface area (Å²) >= 11 is 5.99. The second-order valence-corrected chi connectivity index (χ2v) is 11.8. The highest BCUT2D eigenvalue weighted by Gasteiger charge is 2.49. The minimum atomic E-state index is -4.15. The molecular formula is C28H27ClFN3O4S. The second-order valence-electron chi connectivity index (χ2n) is 9.55. The predicted molar refractivity (Wildman–Crippen MR) is 143 cm³/mol. The maximum Gasteiger partial charge on any atom is 0.252 e. The zero-order valence-corrected chi connectivity index (χ0v) is 22.1. The number of amides is 2. The van der Waals surface area contributed by atoms with Gasteiger partial charge >= 0.3 is 0 Å². The van der Waals surface area contributed by atoms with Crippen LogP contribution in [0.5, 0.6) is 0 Å². The standard InChI is InChI=1S/C28H27ClFN3O4S/c29-21-6-12-25(13-7-21)38(36,37)33(24-14-16-31(17-15-24)19-20-4-2-1-3-5-20)26-18-27(34)32(28(26)35)23-10-8-22(30)9-11-23/h1-13,24,26H,14-19H2. The Morgan fingerprint density at radius 3 is 2.16 bits per heavy atom. The molecule has 10 heteroatoms. The van der Waals surface area contributed by atoms with Crippen molar-refractivity contribution in [3.8, 4) is 0 Å². The van der Waals surface area contributed by atoms with Gasteiger partial charge in [-0.3, -0.25) is 14.5 Å². The molecule has 2 amide bonds. The first-order valence-electron chi connectivity index (χ1n) is 12.4. The van der Waals surface area contributed by atoms with Crippen LogP contribution in [0.25, 0.3) is 0 Å². The number of likely N-dealkylation sites (tertiary alicyclic amines) is 1. The summed E-state index contributed by atoms with van der Waals surface area (Å²) in [5.41, 5.74) is 1.38. The Morgan fingerprint density at radius 1 is 0.895 bits per heavy atom. The van der Waals surface area contributed by atoms with Crippen molar-refractivity contribution >= 4 is 39.1 Å². The van der Waals surface area contributed by atoms with Gasteiger partial charge in [-0.05, 0) is 66.9 Å². The molecule has 0 aliphatic carbocycles. The highest BCUT2D eigenvalue weighted by Crippen LogP contribution is 2.34. The van der Waals surface area contributed by atoms with Gasteiger partial charge in [0.05, 0.1) is 17.0 Å². The number of anilines is 1. The molecule has 198 valence electrons.